The van der Waals surface area contributed by atoms with Gasteiger partial charge in [-0.2, -0.15) is 13.2 Å². The number of halogens is 3. The maximum atomic E-state index is 12.2. The summed E-state index contributed by atoms with van der Waals surface area (Å²) in [5, 5.41) is 9.41. The summed E-state index contributed by atoms with van der Waals surface area (Å²) in [4.78, 5) is 11.0. The first-order valence-electron chi connectivity index (χ1n) is 5.72. The fourth-order valence-corrected chi connectivity index (χ4v) is 1.20. The maximum absolute atomic E-state index is 12.2. The normalized spacial score (nSPS) is 15.0. The molecule has 0 heterocycles. The summed E-state index contributed by atoms with van der Waals surface area (Å²) in [5.41, 5.74) is 0.216. The number of ether oxygens (including phenoxy) is 1. The second-order valence-electron chi connectivity index (χ2n) is 4.41. The number of aliphatic hydroxyl groups excluding tert-OH is 1. The highest BCUT2D eigenvalue weighted by molar-refractivity contribution is 5.86. The highest BCUT2D eigenvalue weighted by atomic mass is 19.4. The van der Waals surface area contributed by atoms with E-state index in [9.17, 15) is 23.1 Å². The molecule has 3 nitrogen and oxygen atoms in total. The Balaban J connectivity index is 3.75. The minimum atomic E-state index is -4.20. The molecule has 2 unspecified atom stereocenters. The minimum Gasteiger partial charge on any atom is -0.460 e. The van der Waals surface area contributed by atoms with Gasteiger partial charge in [0.05, 0.1) is 12.0 Å². The summed E-state index contributed by atoms with van der Waals surface area (Å²) >= 11 is 0. The van der Waals surface area contributed by atoms with Crippen molar-refractivity contribution >= 4 is 5.97 Å². The summed E-state index contributed by atoms with van der Waals surface area (Å²) in [6, 6.07) is 0. The lowest BCUT2D eigenvalue weighted by atomic mass is 10.0. The van der Waals surface area contributed by atoms with Gasteiger partial charge in [-0.15, -0.1) is 0 Å². The molecule has 106 valence electrons. The number of hydrogen-bond donors (Lipinski definition) is 1. The molecule has 0 aliphatic rings. The summed E-state index contributed by atoms with van der Waals surface area (Å²) in [6.07, 6.45) is -4.78. The summed E-state index contributed by atoms with van der Waals surface area (Å²) in [7, 11) is 0. The van der Waals surface area contributed by atoms with Gasteiger partial charge in [-0.05, 0) is 19.8 Å². The first-order valence-corrected chi connectivity index (χ1v) is 5.72. The van der Waals surface area contributed by atoms with Crippen LogP contribution in [0.2, 0.25) is 0 Å². The average Bonchev–Trinajstić information content (AvgIpc) is 2.24. The van der Waals surface area contributed by atoms with E-state index in [2.05, 4.69) is 11.3 Å². The molecular weight excluding hydrogens is 249 g/mol. The Morgan fingerprint density at radius 2 is 1.94 bits per heavy atom. The lowest BCUT2D eigenvalue weighted by Crippen LogP contribution is -2.22. The number of esters is 1. The van der Waals surface area contributed by atoms with E-state index in [1.54, 1.807) is 0 Å². The summed E-state index contributed by atoms with van der Waals surface area (Å²) < 4.78 is 41.2. The van der Waals surface area contributed by atoms with Crippen molar-refractivity contribution in [2.24, 2.45) is 5.92 Å². The van der Waals surface area contributed by atoms with Crippen LogP contribution >= 0.6 is 0 Å². The first kappa shape index (κ1) is 17.0. The standard InChI is InChI=1S/C12H19F3O3/c1-8(2)11(17)18-7-10(16)6-4-5-9(3)12(13,14)15/h9-10,16H,1,4-7H2,2-3H3. The highest BCUT2D eigenvalue weighted by Crippen LogP contribution is 2.29. The average molecular weight is 268 g/mol. The van der Waals surface area contributed by atoms with Crippen molar-refractivity contribution in [3.8, 4) is 0 Å². The van der Waals surface area contributed by atoms with Gasteiger partial charge in [0.2, 0.25) is 0 Å². The SMILES string of the molecule is C=C(C)C(=O)OCC(O)CCCC(C)C(F)(F)F. The van der Waals surface area contributed by atoms with E-state index < -0.39 is 24.2 Å². The molecule has 0 aliphatic carbocycles. The van der Waals surface area contributed by atoms with Crippen LogP contribution in [0.5, 0.6) is 0 Å². The molecule has 0 radical (unpaired) electrons. The third-order valence-corrected chi connectivity index (χ3v) is 2.49. The Hall–Kier alpha value is -1.04. The molecule has 1 N–H and O–H groups in total. The van der Waals surface area contributed by atoms with Crippen molar-refractivity contribution in [3.05, 3.63) is 12.2 Å². The first-order chi connectivity index (χ1) is 8.14. The molecular formula is C12H19F3O3. The van der Waals surface area contributed by atoms with E-state index >= 15 is 0 Å². The molecule has 18 heavy (non-hydrogen) atoms. The third kappa shape index (κ3) is 7.32. The monoisotopic (exact) mass is 268 g/mol. The van der Waals surface area contributed by atoms with Gasteiger partial charge >= 0.3 is 12.1 Å². The van der Waals surface area contributed by atoms with E-state index in [4.69, 9.17) is 0 Å². The predicted octanol–water partition coefficient (Wildman–Crippen LogP) is 2.84. The molecule has 6 heteroatoms. The lowest BCUT2D eigenvalue weighted by Gasteiger charge is -2.16. The van der Waals surface area contributed by atoms with Crippen LogP contribution in [0, 0.1) is 5.92 Å². The zero-order valence-corrected chi connectivity index (χ0v) is 10.6. The van der Waals surface area contributed by atoms with Gasteiger partial charge < -0.3 is 9.84 Å². The van der Waals surface area contributed by atoms with Gasteiger partial charge in [0.25, 0.3) is 0 Å². The number of carbonyl (C=O) groups is 1. The van der Waals surface area contributed by atoms with E-state index in [0.29, 0.717) is 0 Å². The van der Waals surface area contributed by atoms with Crippen molar-refractivity contribution in [2.45, 2.75) is 45.4 Å². The molecule has 0 bridgehead atoms. The lowest BCUT2D eigenvalue weighted by molar-refractivity contribution is -0.171. The smallest absolute Gasteiger partial charge is 0.391 e. The molecule has 0 rings (SSSR count). The quantitative estimate of drug-likeness (QED) is 0.570. The molecule has 0 saturated heterocycles. The second-order valence-corrected chi connectivity index (χ2v) is 4.41. The molecule has 0 amide bonds. The Labute approximate surface area is 105 Å². The van der Waals surface area contributed by atoms with Gasteiger partial charge in [-0.25, -0.2) is 4.79 Å². The summed E-state index contributed by atoms with van der Waals surface area (Å²) in [6.45, 7) is 5.72. The van der Waals surface area contributed by atoms with Crippen molar-refractivity contribution in [3.63, 3.8) is 0 Å². The van der Waals surface area contributed by atoms with Crippen LogP contribution in [0.1, 0.15) is 33.1 Å². The van der Waals surface area contributed by atoms with Crippen LogP contribution in [-0.2, 0) is 9.53 Å². The van der Waals surface area contributed by atoms with Crippen LogP contribution < -0.4 is 0 Å². The van der Waals surface area contributed by atoms with Crippen LogP contribution in [-0.4, -0.2) is 30.0 Å². The molecule has 0 fully saturated rings. The van der Waals surface area contributed by atoms with Crippen molar-refractivity contribution < 1.29 is 27.8 Å². The third-order valence-electron chi connectivity index (χ3n) is 2.49. The fraction of sp³-hybridized carbons (Fsp3) is 0.750. The van der Waals surface area contributed by atoms with E-state index in [1.165, 1.54) is 6.92 Å². The van der Waals surface area contributed by atoms with Crippen LogP contribution in [0.3, 0.4) is 0 Å². The number of hydrogen-bond acceptors (Lipinski definition) is 3. The summed E-state index contributed by atoms with van der Waals surface area (Å²) in [5.74, 6) is -2.00. The Bertz CT molecular complexity index is 287. The number of aliphatic hydroxyl groups is 1. The zero-order chi connectivity index (χ0) is 14.3. The van der Waals surface area contributed by atoms with Crippen molar-refractivity contribution in [2.75, 3.05) is 6.61 Å². The number of alkyl halides is 3. The maximum Gasteiger partial charge on any atom is 0.391 e. The molecule has 0 aromatic heterocycles. The van der Waals surface area contributed by atoms with Gasteiger partial charge in [0.15, 0.2) is 0 Å². The molecule has 0 saturated carbocycles. The van der Waals surface area contributed by atoms with Gasteiger partial charge in [-0.3, -0.25) is 0 Å². The van der Waals surface area contributed by atoms with Crippen molar-refractivity contribution in [1.82, 2.24) is 0 Å². The van der Waals surface area contributed by atoms with Crippen LogP contribution in [0.25, 0.3) is 0 Å². The fourth-order valence-electron chi connectivity index (χ4n) is 1.20. The highest BCUT2D eigenvalue weighted by Gasteiger charge is 2.35. The van der Waals surface area contributed by atoms with Crippen LogP contribution in [0.15, 0.2) is 12.2 Å². The van der Waals surface area contributed by atoms with Crippen molar-refractivity contribution in [1.29, 1.82) is 0 Å². The number of carbonyl (C=O) groups excluding carboxylic acids is 1. The predicted molar refractivity (Wildman–Crippen MR) is 60.8 cm³/mol. The van der Waals surface area contributed by atoms with Gasteiger partial charge in [0, 0.05) is 5.57 Å². The Morgan fingerprint density at radius 1 is 1.39 bits per heavy atom. The molecule has 0 spiro atoms. The topological polar surface area (TPSA) is 46.5 Å². The van der Waals surface area contributed by atoms with Crippen LogP contribution in [0.4, 0.5) is 13.2 Å². The molecule has 0 aromatic rings. The van der Waals surface area contributed by atoms with Gasteiger partial charge in [-0.1, -0.05) is 19.9 Å². The molecule has 0 aromatic carbocycles. The Kier molecular flexibility index (Phi) is 6.98. The largest absolute Gasteiger partial charge is 0.460 e. The second kappa shape index (κ2) is 7.41. The van der Waals surface area contributed by atoms with E-state index in [0.717, 1.165) is 6.92 Å². The molecule has 2 atom stereocenters. The number of rotatable bonds is 7. The van der Waals surface area contributed by atoms with Gasteiger partial charge in [0.1, 0.15) is 6.61 Å². The Morgan fingerprint density at radius 3 is 2.39 bits per heavy atom. The van der Waals surface area contributed by atoms with E-state index in [-0.39, 0.29) is 31.4 Å². The zero-order valence-electron chi connectivity index (χ0n) is 10.6. The minimum absolute atomic E-state index is 0.0466. The molecule has 0 aliphatic heterocycles. The van der Waals surface area contributed by atoms with E-state index in [1.807, 2.05) is 0 Å².